The van der Waals surface area contributed by atoms with Gasteiger partial charge < -0.3 is 5.32 Å². The molecule has 0 amide bonds. The van der Waals surface area contributed by atoms with E-state index >= 15 is 0 Å². The van der Waals surface area contributed by atoms with Gasteiger partial charge in [0.25, 0.3) is 0 Å². The van der Waals surface area contributed by atoms with Crippen molar-refractivity contribution in [2.75, 3.05) is 6.54 Å². The molecule has 0 saturated carbocycles. The maximum Gasteiger partial charge on any atom is 0.0753 e. The molecule has 0 saturated heterocycles. The van der Waals surface area contributed by atoms with Crippen LogP contribution in [0.15, 0.2) is 42.6 Å². The lowest BCUT2D eigenvalue weighted by molar-refractivity contribution is 0.612. The number of hydrogen-bond acceptors (Lipinski definition) is 2. The van der Waals surface area contributed by atoms with Crippen LogP contribution >= 0.6 is 0 Å². The molecule has 0 spiro atoms. The summed E-state index contributed by atoms with van der Waals surface area (Å²) < 4.78 is 0. The molecule has 2 rings (SSSR count). The van der Waals surface area contributed by atoms with Crippen molar-refractivity contribution in [3.63, 3.8) is 0 Å². The fourth-order valence-corrected chi connectivity index (χ4v) is 2.27. The Kier molecular flexibility index (Phi) is 4.11. The SMILES string of the molecule is CCNC(c1ccccn1)c1ccc(C)cc1C. The van der Waals surface area contributed by atoms with Crippen molar-refractivity contribution in [2.45, 2.75) is 26.8 Å². The Morgan fingerprint density at radius 3 is 2.61 bits per heavy atom. The van der Waals surface area contributed by atoms with Crippen molar-refractivity contribution in [3.05, 3.63) is 65.0 Å². The molecule has 2 heteroatoms. The van der Waals surface area contributed by atoms with Gasteiger partial charge in [0.1, 0.15) is 0 Å². The third-order valence-corrected chi connectivity index (χ3v) is 3.13. The van der Waals surface area contributed by atoms with E-state index in [9.17, 15) is 0 Å². The summed E-state index contributed by atoms with van der Waals surface area (Å²) >= 11 is 0. The Morgan fingerprint density at radius 1 is 1.17 bits per heavy atom. The summed E-state index contributed by atoms with van der Waals surface area (Å²) in [7, 11) is 0. The highest BCUT2D eigenvalue weighted by molar-refractivity contribution is 5.36. The van der Waals surface area contributed by atoms with Crippen molar-refractivity contribution < 1.29 is 0 Å². The van der Waals surface area contributed by atoms with Gasteiger partial charge in [0, 0.05) is 6.20 Å². The molecule has 0 aliphatic carbocycles. The van der Waals surface area contributed by atoms with Gasteiger partial charge in [0.05, 0.1) is 11.7 Å². The molecule has 1 N–H and O–H groups in total. The summed E-state index contributed by atoms with van der Waals surface area (Å²) in [6.07, 6.45) is 1.85. The lowest BCUT2D eigenvalue weighted by Crippen LogP contribution is -2.23. The summed E-state index contributed by atoms with van der Waals surface area (Å²) in [6.45, 7) is 7.34. The Labute approximate surface area is 109 Å². The Balaban J connectivity index is 2.41. The normalized spacial score (nSPS) is 12.4. The van der Waals surface area contributed by atoms with E-state index in [1.54, 1.807) is 0 Å². The van der Waals surface area contributed by atoms with E-state index in [1.165, 1.54) is 16.7 Å². The van der Waals surface area contributed by atoms with Crippen LogP contribution in [0.5, 0.6) is 0 Å². The number of aromatic nitrogens is 1. The molecule has 0 bridgehead atoms. The summed E-state index contributed by atoms with van der Waals surface area (Å²) in [4.78, 5) is 4.48. The second-order valence-electron chi connectivity index (χ2n) is 4.61. The number of pyridine rings is 1. The van der Waals surface area contributed by atoms with Crippen LogP contribution in [0.25, 0.3) is 0 Å². The third-order valence-electron chi connectivity index (χ3n) is 3.13. The first-order valence-corrected chi connectivity index (χ1v) is 6.44. The zero-order valence-electron chi connectivity index (χ0n) is 11.3. The fourth-order valence-electron chi connectivity index (χ4n) is 2.27. The molecule has 0 fully saturated rings. The van der Waals surface area contributed by atoms with E-state index in [1.807, 2.05) is 18.3 Å². The van der Waals surface area contributed by atoms with Crippen LogP contribution in [-0.4, -0.2) is 11.5 Å². The lowest BCUT2D eigenvalue weighted by atomic mass is 9.96. The van der Waals surface area contributed by atoms with Crippen LogP contribution in [0.3, 0.4) is 0 Å². The zero-order valence-corrected chi connectivity index (χ0v) is 11.3. The quantitative estimate of drug-likeness (QED) is 0.886. The average molecular weight is 240 g/mol. The molecule has 2 aromatic rings. The van der Waals surface area contributed by atoms with Gasteiger partial charge in [-0.2, -0.15) is 0 Å². The van der Waals surface area contributed by atoms with E-state index in [2.05, 4.69) is 55.3 Å². The minimum Gasteiger partial charge on any atom is -0.305 e. The van der Waals surface area contributed by atoms with Crippen molar-refractivity contribution in [1.82, 2.24) is 10.3 Å². The van der Waals surface area contributed by atoms with Crippen LogP contribution in [0.4, 0.5) is 0 Å². The summed E-state index contributed by atoms with van der Waals surface area (Å²) in [5.74, 6) is 0. The number of benzene rings is 1. The molecule has 1 aromatic heterocycles. The average Bonchev–Trinajstić information content (AvgIpc) is 2.38. The molecule has 1 aromatic carbocycles. The number of rotatable bonds is 4. The van der Waals surface area contributed by atoms with E-state index in [0.29, 0.717) is 0 Å². The van der Waals surface area contributed by atoms with Crippen LogP contribution in [-0.2, 0) is 0 Å². The van der Waals surface area contributed by atoms with E-state index in [0.717, 1.165) is 12.2 Å². The van der Waals surface area contributed by atoms with Gasteiger partial charge in [-0.3, -0.25) is 4.98 Å². The van der Waals surface area contributed by atoms with Gasteiger partial charge in [-0.05, 0) is 43.7 Å². The summed E-state index contributed by atoms with van der Waals surface area (Å²) in [6, 6.07) is 12.8. The van der Waals surface area contributed by atoms with Crippen molar-refractivity contribution in [2.24, 2.45) is 0 Å². The van der Waals surface area contributed by atoms with E-state index < -0.39 is 0 Å². The van der Waals surface area contributed by atoms with Gasteiger partial charge in [-0.15, -0.1) is 0 Å². The van der Waals surface area contributed by atoms with Gasteiger partial charge in [-0.25, -0.2) is 0 Å². The minimum atomic E-state index is 0.178. The molecule has 0 radical (unpaired) electrons. The Hall–Kier alpha value is -1.67. The molecule has 18 heavy (non-hydrogen) atoms. The van der Waals surface area contributed by atoms with Crippen molar-refractivity contribution in [3.8, 4) is 0 Å². The molecular formula is C16H20N2. The zero-order chi connectivity index (χ0) is 13.0. The lowest BCUT2D eigenvalue weighted by Gasteiger charge is -2.20. The second kappa shape index (κ2) is 5.78. The highest BCUT2D eigenvalue weighted by Gasteiger charge is 2.15. The smallest absolute Gasteiger partial charge is 0.0753 e. The molecule has 1 unspecified atom stereocenters. The number of nitrogens with one attached hydrogen (secondary N) is 1. The molecule has 2 nitrogen and oxygen atoms in total. The first kappa shape index (κ1) is 12.8. The van der Waals surface area contributed by atoms with Gasteiger partial charge in [0.15, 0.2) is 0 Å². The first-order chi connectivity index (χ1) is 8.72. The Bertz CT molecular complexity index is 506. The number of nitrogens with zero attached hydrogens (tertiary/aromatic N) is 1. The highest BCUT2D eigenvalue weighted by Crippen LogP contribution is 2.24. The first-order valence-electron chi connectivity index (χ1n) is 6.44. The summed E-state index contributed by atoms with van der Waals surface area (Å²) in [5.41, 5.74) is 4.99. The second-order valence-corrected chi connectivity index (χ2v) is 4.61. The van der Waals surface area contributed by atoms with Crippen molar-refractivity contribution in [1.29, 1.82) is 0 Å². The van der Waals surface area contributed by atoms with Crippen LogP contribution in [0.1, 0.15) is 35.3 Å². The van der Waals surface area contributed by atoms with E-state index in [-0.39, 0.29) is 6.04 Å². The molecule has 94 valence electrons. The van der Waals surface area contributed by atoms with Gasteiger partial charge in [0.2, 0.25) is 0 Å². The molecule has 1 heterocycles. The standard InChI is InChI=1S/C16H20N2/c1-4-17-16(15-7-5-6-10-18-15)14-9-8-12(2)11-13(14)3/h5-11,16-17H,4H2,1-3H3. The highest BCUT2D eigenvalue weighted by atomic mass is 14.9. The van der Waals surface area contributed by atoms with Crippen LogP contribution < -0.4 is 5.32 Å². The monoisotopic (exact) mass is 240 g/mol. The predicted molar refractivity (Wildman–Crippen MR) is 75.7 cm³/mol. The molecule has 0 aliphatic rings. The molecule has 0 aliphatic heterocycles. The van der Waals surface area contributed by atoms with Gasteiger partial charge >= 0.3 is 0 Å². The van der Waals surface area contributed by atoms with Crippen LogP contribution in [0, 0.1) is 13.8 Å². The predicted octanol–water partition coefficient (Wildman–Crippen LogP) is 3.40. The minimum absolute atomic E-state index is 0.178. The topological polar surface area (TPSA) is 24.9 Å². The van der Waals surface area contributed by atoms with Gasteiger partial charge in [-0.1, -0.05) is 36.8 Å². The number of aryl methyl sites for hydroxylation is 2. The van der Waals surface area contributed by atoms with Crippen LogP contribution in [0.2, 0.25) is 0 Å². The van der Waals surface area contributed by atoms with Crippen molar-refractivity contribution >= 4 is 0 Å². The van der Waals surface area contributed by atoms with E-state index in [4.69, 9.17) is 0 Å². The molecule has 1 atom stereocenters. The fraction of sp³-hybridized carbons (Fsp3) is 0.312. The summed E-state index contributed by atoms with van der Waals surface area (Å²) in [5, 5.41) is 3.51. The number of hydrogen-bond donors (Lipinski definition) is 1. The third kappa shape index (κ3) is 2.77. The molecular weight excluding hydrogens is 220 g/mol. The maximum atomic E-state index is 4.48. The largest absolute Gasteiger partial charge is 0.305 e. The Morgan fingerprint density at radius 2 is 2.00 bits per heavy atom. The maximum absolute atomic E-state index is 4.48.